The minimum atomic E-state index is -0.619. The van der Waals surface area contributed by atoms with Crippen molar-refractivity contribution in [3.8, 4) is 5.75 Å². The summed E-state index contributed by atoms with van der Waals surface area (Å²) < 4.78 is 4.71. The predicted octanol–water partition coefficient (Wildman–Crippen LogP) is 1.80. The van der Waals surface area contributed by atoms with Crippen molar-refractivity contribution in [1.82, 2.24) is 0 Å². The van der Waals surface area contributed by atoms with Gasteiger partial charge in [0.2, 0.25) is 0 Å². The Balaban J connectivity index is 3.11. The number of carbonyl (C=O) groups is 1. The van der Waals surface area contributed by atoms with Gasteiger partial charge in [0.1, 0.15) is 10.6 Å². The number of hydrogen-bond donors (Lipinski definition) is 2. The largest absolute Gasteiger partial charge is 0.505 e. The Bertz CT molecular complexity index is 365. The van der Waals surface area contributed by atoms with Crippen molar-refractivity contribution in [1.29, 1.82) is 0 Å². The standard InChI is InChI=1S/C9H10ClNO3/c1-2-14-9(13)5-3-4-6(11)7(10)8(5)12/h3-4,12H,2,11H2,1H3. The summed E-state index contributed by atoms with van der Waals surface area (Å²) in [6, 6.07) is 2.81. The normalized spacial score (nSPS) is 9.86. The maximum atomic E-state index is 11.2. The number of phenolic OH excluding ortho intramolecular Hbond substituents is 1. The van der Waals surface area contributed by atoms with Crippen molar-refractivity contribution in [2.75, 3.05) is 12.3 Å². The summed E-state index contributed by atoms with van der Waals surface area (Å²) in [6.45, 7) is 1.91. The van der Waals surface area contributed by atoms with Crippen LogP contribution in [0.1, 0.15) is 17.3 Å². The molecular formula is C9H10ClNO3. The van der Waals surface area contributed by atoms with Gasteiger partial charge < -0.3 is 15.6 Å². The zero-order valence-corrected chi connectivity index (χ0v) is 8.34. The number of carbonyl (C=O) groups excluding carboxylic acids is 1. The van der Waals surface area contributed by atoms with E-state index in [2.05, 4.69) is 0 Å². The maximum absolute atomic E-state index is 11.2. The zero-order chi connectivity index (χ0) is 10.7. The Morgan fingerprint density at radius 1 is 1.64 bits per heavy atom. The molecule has 0 saturated carbocycles. The molecule has 14 heavy (non-hydrogen) atoms. The molecule has 0 unspecified atom stereocenters. The highest BCUT2D eigenvalue weighted by Gasteiger charge is 2.16. The molecule has 0 spiro atoms. The number of rotatable bonds is 2. The average Bonchev–Trinajstić information content (AvgIpc) is 2.15. The number of nitrogen functional groups attached to an aromatic ring is 1. The lowest BCUT2D eigenvalue weighted by atomic mass is 10.2. The zero-order valence-electron chi connectivity index (χ0n) is 7.58. The molecule has 1 aromatic carbocycles. The van der Waals surface area contributed by atoms with Gasteiger partial charge in [0.15, 0.2) is 5.75 Å². The van der Waals surface area contributed by atoms with Crippen molar-refractivity contribution in [3.05, 3.63) is 22.7 Å². The Hall–Kier alpha value is -1.42. The average molecular weight is 216 g/mol. The molecule has 0 radical (unpaired) electrons. The Labute approximate surface area is 86.2 Å². The molecule has 1 aromatic rings. The van der Waals surface area contributed by atoms with E-state index in [0.29, 0.717) is 0 Å². The quantitative estimate of drug-likeness (QED) is 0.583. The van der Waals surface area contributed by atoms with Gasteiger partial charge in [-0.25, -0.2) is 4.79 Å². The monoisotopic (exact) mass is 215 g/mol. The third-order valence-electron chi connectivity index (χ3n) is 1.64. The lowest BCUT2D eigenvalue weighted by molar-refractivity contribution is 0.0523. The van der Waals surface area contributed by atoms with E-state index in [1.807, 2.05) is 0 Å². The molecule has 0 amide bonds. The molecule has 0 saturated heterocycles. The predicted molar refractivity (Wildman–Crippen MR) is 53.5 cm³/mol. The molecule has 3 N–H and O–H groups in total. The van der Waals surface area contributed by atoms with E-state index >= 15 is 0 Å². The van der Waals surface area contributed by atoms with E-state index in [1.165, 1.54) is 12.1 Å². The van der Waals surface area contributed by atoms with Crippen LogP contribution in [-0.2, 0) is 4.74 Å². The summed E-state index contributed by atoms with van der Waals surface area (Å²) in [5.74, 6) is -0.961. The molecule has 0 aromatic heterocycles. The molecule has 0 aliphatic heterocycles. The number of benzene rings is 1. The van der Waals surface area contributed by atoms with Crippen LogP contribution in [0.2, 0.25) is 5.02 Å². The highest BCUT2D eigenvalue weighted by molar-refractivity contribution is 6.35. The summed E-state index contributed by atoms with van der Waals surface area (Å²) in [4.78, 5) is 11.2. The van der Waals surface area contributed by atoms with Crippen LogP contribution in [0, 0.1) is 0 Å². The molecule has 0 bridgehead atoms. The number of hydrogen-bond acceptors (Lipinski definition) is 4. The topological polar surface area (TPSA) is 72.5 Å². The minimum Gasteiger partial charge on any atom is -0.505 e. The molecule has 0 heterocycles. The second-order valence-electron chi connectivity index (χ2n) is 2.59. The second kappa shape index (κ2) is 4.19. The minimum absolute atomic E-state index is 0.0195. The van der Waals surface area contributed by atoms with Crippen LogP contribution >= 0.6 is 11.6 Å². The summed E-state index contributed by atoms with van der Waals surface area (Å²) >= 11 is 5.64. The second-order valence-corrected chi connectivity index (χ2v) is 2.96. The summed E-state index contributed by atoms with van der Waals surface area (Å²) in [6.07, 6.45) is 0. The van der Waals surface area contributed by atoms with E-state index in [9.17, 15) is 9.90 Å². The molecule has 0 aliphatic carbocycles. The van der Waals surface area contributed by atoms with Gasteiger partial charge >= 0.3 is 5.97 Å². The van der Waals surface area contributed by atoms with Crippen LogP contribution in [0.5, 0.6) is 5.75 Å². The van der Waals surface area contributed by atoms with Crippen LogP contribution in [-0.4, -0.2) is 17.7 Å². The fraction of sp³-hybridized carbons (Fsp3) is 0.222. The summed E-state index contributed by atoms with van der Waals surface area (Å²) in [7, 11) is 0. The highest BCUT2D eigenvalue weighted by atomic mass is 35.5. The van der Waals surface area contributed by atoms with Crippen molar-refractivity contribution in [2.24, 2.45) is 0 Å². The number of halogens is 1. The Morgan fingerprint density at radius 3 is 2.86 bits per heavy atom. The van der Waals surface area contributed by atoms with E-state index < -0.39 is 5.97 Å². The van der Waals surface area contributed by atoms with Crippen LogP contribution in [0.15, 0.2) is 12.1 Å². The lowest BCUT2D eigenvalue weighted by Crippen LogP contribution is -2.05. The number of aromatic hydroxyl groups is 1. The van der Waals surface area contributed by atoms with Gasteiger partial charge in [0.25, 0.3) is 0 Å². The molecular weight excluding hydrogens is 206 g/mol. The SMILES string of the molecule is CCOC(=O)c1ccc(N)c(Cl)c1O. The molecule has 0 aliphatic rings. The first-order chi connectivity index (χ1) is 6.57. The molecule has 0 fully saturated rings. The van der Waals surface area contributed by atoms with E-state index in [1.54, 1.807) is 6.92 Å². The van der Waals surface area contributed by atoms with Gasteiger partial charge in [-0.2, -0.15) is 0 Å². The molecule has 0 atom stereocenters. The van der Waals surface area contributed by atoms with Crippen LogP contribution in [0.3, 0.4) is 0 Å². The Morgan fingerprint density at radius 2 is 2.29 bits per heavy atom. The van der Waals surface area contributed by atoms with Crippen molar-refractivity contribution >= 4 is 23.3 Å². The fourth-order valence-corrected chi connectivity index (χ4v) is 1.12. The smallest absolute Gasteiger partial charge is 0.341 e. The van der Waals surface area contributed by atoms with Gasteiger partial charge in [0, 0.05) is 0 Å². The first kappa shape index (κ1) is 10.7. The van der Waals surface area contributed by atoms with E-state index in [-0.39, 0.29) is 28.6 Å². The van der Waals surface area contributed by atoms with Gasteiger partial charge in [-0.3, -0.25) is 0 Å². The summed E-state index contributed by atoms with van der Waals surface area (Å²) in [5, 5.41) is 9.43. The summed E-state index contributed by atoms with van der Waals surface area (Å²) in [5.41, 5.74) is 5.66. The van der Waals surface area contributed by atoms with Crippen LogP contribution in [0.4, 0.5) is 5.69 Å². The molecule has 4 nitrogen and oxygen atoms in total. The number of anilines is 1. The van der Waals surface area contributed by atoms with Gasteiger partial charge in [-0.1, -0.05) is 11.6 Å². The third-order valence-corrected chi connectivity index (χ3v) is 2.04. The van der Waals surface area contributed by atoms with E-state index in [0.717, 1.165) is 0 Å². The molecule has 5 heteroatoms. The van der Waals surface area contributed by atoms with E-state index in [4.69, 9.17) is 22.1 Å². The maximum Gasteiger partial charge on any atom is 0.341 e. The number of esters is 1. The first-order valence-electron chi connectivity index (χ1n) is 4.02. The molecule has 1 rings (SSSR count). The fourth-order valence-electron chi connectivity index (χ4n) is 0.954. The number of phenols is 1. The van der Waals surface area contributed by atoms with Gasteiger partial charge in [-0.15, -0.1) is 0 Å². The van der Waals surface area contributed by atoms with Crippen LogP contribution < -0.4 is 5.73 Å². The van der Waals surface area contributed by atoms with Crippen molar-refractivity contribution < 1.29 is 14.6 Å². The lowest BCUT2D eigenvalue weighted by Gasteiger charge is -2.06. The highest BCUT2D eigenvalue weighted by Crippen LogP contribution is 2.32. The van der Waals surface area contributed by atoms with Gasteiger partial charge in [0.05, 0.1) is 12.3 Å². The molecule has 76 valence electrons. The van der Waals surface area contributed by atoms with Crippen molar-refractivity contribution in [2.45, 2.75) is 6.92 Å². The Kier molecular flexibility index (Phi) is 3.19. The first-order valence-corrected chi connectivity index (χ1v) is 4.39. The van der Waals surface area contributed by atoms with Crippen molar-refractivity contribution in [3.63, 3.8) is 0 Å². The number of ether oxygens (including phenoxy) is 1. The van der Waals surface area contributed by atoms with Crippen LogP contribution in [0.25, 0.3) is 0 Å². The van der Waals surface area contributed by atoms with Gasteiger partial charge in [-0.05, 0) is 19.1 Å². The third kappa shape index (κ3) is 1.90. The number of nitrogens with two attached hydrogens (primary N) is 1.